The number of fused-ring (bicyclic) bond motifs is 1. The van der Waals surface area contributed by atoms with E-state index in [2.05, 4.69) is 4.98 Å². The number of hydrogen-bond donors (Lipinski definition) is 0. The smallest absolute Gasteiger partial charge is 0.308 e. The number of benzene rings is 1. The highest BCUT2D eigenvalue weighted by atomic mass is 35.5. The van der Waals surface area contributed by atoms with Crippen LogP contribution in [0.2, 0.25) is 5.02 Å². The number of esters is 1. The van der Waals surface area contributed by atoms with Crippen LogP contribution in [0.15, 0.2) is 24.3 Å². The van der Waals surface area contributed by atoms with Gasteiger partial charge in [-0.1, -0.05) is 23.7 Å². The largest absolute Gasteiger partial charge is 0.424 e. The van der Waals surface area contributed by atoms with Gasteiger partial charge in [-0.2, -0.15) is 0 Å². The van der Waals surface area contributed by atoms with Crippen molar-refractivity contribution in [2.45, 2.75) is 6.92 Å². The molecule has 5 heteroatoms. The van der Waals surface area contributed by atoms with E-state index in [9.17, 15) is 9.59 Å². The van der Waals surface area contributed by atoms with Gasteiger partial charge in [-0.05, 0) is 12.1 Å². The second-order valence-electron chi connectivity index (χ2n) is 3.37. The molecule has 0 aliphatic carbocycles. The molecule has 1 aromatic carbocycles. The number of carbonyl (C=O) groups excluding carboxylic acids is 2. The Kier molecular flexibility index (Phi) is 3.06. The molecule has 0 saturated carbocycles. The second kappa shape index (κ2) is 4.51. The first-order valence-corrected chi connectivity index (χ1v) is 5.23. The van der Waals surface area contributed by atoms with Crippen LogP contribution in [0.1, 0.15) is 17.4 Å². The van der Waals surface area contributed by atoms with Crippen LogP contribution in [0, 0.1) is 0 Å². The molecule has 0 radical (unpaired) electrons. The van der Waals surface area contributed by atoms with Crippen molar-refractivity contribution in [3.05, 3.63) is 35.0 Å². The molecule has 0 unspecified atom stereocenters. The number of aromatic nitrogens is 1. The third-order valence-electron chi connectivity index (χ3n) is 2.17. The molecule has 0 spiro atoms. The van der Waals surface area contributed by atoms with Crippen LogP contribution in [-0.2, 0) is 4.79 Å². The molecule has 86 valence electrons. The molecular weight excluding hydrogens is 242 g/mol. The third kappa shape index (κ3) is 2.12. The molecule has 1 heterocycles. The summed E-state index contributed by atoms with van der Waals surface area (Å²) in [5, 5.41) is 0.646. The summed E-state index contributed by atoms with van der Waals surface area (Å²) in [4.78, 5) is 25.9. The predicted molar refractivity (Wildman–Crippen MR) is 63.4 cm³/mol. The number of halogens is 1. The number of ether oxygens (including phenoxy) is 1. The van der Waals surface area contributed by atoms with Gasteiger partial charge in [-0.3, -0.25) is 9.59 Å². The Balaban J connectivity index is 2.79. The lowest BCUT2D eigenvalue weighted by Gasteiger charge is -2.09. The van der Waals surface area contributed by atoms with Crippen LogP contribution >= 0.6 is 11.6 Å². The molecule has 4 nitrogen and oxygen atoms in total. The maximum Gasteiger partial charge on any atom is 0.308 e. The zero-order valence-corrected chi connectivity index (χ0v) is 9.69. The van der Waals surface area contributed by atoms with Gasteiger partial charge in [0.15, 0.2) is 12.0 Å². The fourth-order valence-corrected chi connectivity index (χ4v) is 1.73. The fourth-order valence-electron chi connectivity index (χ4n) is 1.50. The summed E-state index contributed by atoms with van der Waals surface area (Å²) in [7, 11) is 0. The molecule has 0 bridgehead atoms. The standard InChI is InChI=1S/C12H8ClNO3/c1-7(16)17-12-8-4-2-3-5-9(8)14-10(6-15)11(12)13/h2-6H,1H3. The maximum absolute atomic E-state index is 11.0. The number of nitrogens with zero attached hydrogens (tertiary/aromatic N) is 1. The fraction of sp³-hybridized carbons (Fsp3) is 0.0833. The molecule has 1 aromatic heterocycles. The van der Waals surface area contributed by atoms with Crippen LogP contribution in [0.4, 0.5) is 0 Å². The molecule has 0 saturated heterocycles. The van der Waals surface area contributed by atoms with Gasteiger partial charge in [0.2, 0.25) is 0 Å². The van der Waals surface area contributed by atoms with E-state index in [1.807, 2.05) is 0 Å². The molecule has 0 fully saturated rings. The van der Waals surface area contributed by atoms with Gasteiger partial charge in [0.05, 0.1) is 5.52 Å². The van der Waals surface area contributed by atoms with E-state index in [1.165, 1.54) is 6.92 Å². The Morgan fingerprint density at radius 3 is 2.76 bits per heavy atom. The third-order valence-corrected chi connectivity index (χ3v) is 2.54. The Labute approximate surface area is 102 Å². The SMILES string of the molecule is CC(=O)Oc1c(Cl)c(C=O)nc2ccccc12. The summed E-state index contributed by atoms with van der Waals surface area (Å²) in [6.07, 6.45) is 0.530. The highest BCUT2D eigenvalue weighted by molar-refractivity contribution is 6.35. The van der Waals surface area contributed by atoms with Gasteiger partial charge in [0.1, 0.15) is 10.7 Å². The first-order chi connectivity index (χ1) is 8.13. The molecular formula is C12H8ClNO3. The first kappa shape index (κ1) is 11.5. The Hall–Kier alpha value is -1.94. The van der Waals surface area contributed by atoms with Crippen molar-refractivity contribution in [1.82, 2.24) is 4.98 Å². The number of aldehydes is 1. The molecule has 2 aromatic rings. The van der Waals surface area contributed by atoms with E-state index in [0.717, 1.165) is 0 Å². The quantitative estimate of drug-likeness (QED) is 0.606. The van der Waals surface area contributed by atoms with Crippen LogP contribution < -0.4 is 4.74 Å². The lowest BCUT2D eigenvalue weighted by Crippen LogP contribution is -2.04. The minimum Gasteiger partial charge on any atom is -0.424 e. The van der Waals surface area contributed by atoms with Gasteiger partial charge < -0.3 is 4.74 Å². The van der Waals surface area contributed by atoms with Crippen molar-refractivity contribution in [2.24, 2.45) is 0 Å². The number of carbonyl (C=O) groups is 2. The molecule has 0 N–H and O–H groups in total. The first-order valence-electron chi connectivity index (χ1n) is 4.85. The lowest BCUT2D eigenvalue weighted by molar-refractivity contribution is -0.131. The van der Waals surface area contributed by atoms with E-state index in [-0.39, 0.29) is 16.5 Å². The molecule has 2 rings (SSSR count). The Bertz CT molecular complexity index is 610. The number of para-hydroxylation sites is 1. The van der Waals surface area contributed by atoms with Crippen molar-refractivity contribution >= 4 is 34.8 Å². The second-order valence-corrected chi connectivity index (χ2v) is 3.75. The van der Waals surface area contributed by atoms with Crippen molar-refractivity contribution in [2.75, 3.05) is 0 Å². The zero-order chi connectivity index (χ0) is 12.4. The molecule has 0 atom stereocenters. The summed E-state index contributed by atoms with van der Waals surface area (Å²) >= 11 is 5.96. The molecule has 0 aliphatic rings. The molecule has 0 amide bonds. The van der Waals surface area contributed by atoms with Crippen molar-refractivity contribution in [1.29, 1.82) is 0 Å². The zero-order valence-electron chi connectivity index (χ0n) is 8.94. The van der Waals surface area contributed by atoms with E-state index >= 15 is 0 Å². The van der Waals surface area contributed by atoms with Crippen molar-refractivity contribution < 1.29 is 14.3 Å². The van der Waals surface area contributed by atoms with Gasteiger partial charge in [0, 0.05) is 12.3 Å². The highest BCUT2D eigenvalue weighted by Gasteiger charge is 2.15. The summed E-state index contributed by atoms with van der Waals surface area (Å²) < 4.78 is 5.03. The molecule has 0 aliphatic heterocycles. The Morgan fingerprint density at radius 2 is 2.12 bits per heavy atom. The lowest BCUT2D eigenvalue weighted by atomic mass is 10.2. The number of hydrogen-bond acceptors (Lipinski definition) is 4. The number of pyridine rings is 1. The van der Waals surface area contributed by atoms with Gasteiger partial charge in [0.25, 0.3) is 0 Å². The minimum atomic E-state index is -0.500. The highest BCUT2D eigenvalue weighted by Crippen LogP contribution is 2.34. The molecule has 17 heavy (non-hydrogen) atoms. The van der Waals surface area contributed by atoms with Gasteiger partial charge >= 0.3 is 5.97 Å². The minimum absolute atomic E-state index is 0.0499. The summed E-state index contributed by atoms with van der Waals surface area (Å²) in [6, 6.07) is 6.98. The average Bonchev–Trinajstić information content (AvgIpc) is 2.32. The summed E-state index contributed by atoms with van der Waals surface area (Å²) in [6.45, 7) is 1.27. The van der Waals surface area contributed by atoms with Gasteiger partial charge in [-0.25, -0.2) is 4.98 Å². The summed E-state index contributed by atoms with van der Waals surface area (Å²) in [5.74, 6) is -0.327. The van der Waals surface area contributed by atoms with E-state index < -0.39 is 5.97 Å². The predicted octanol–water partition coefficient (Wildman–Crippen LogP) is 2.63. The van der Waals surface area contributed by atoms with Crippen LogP contribution in [0.25, 0.3) is 10.9 Å². The average molecular weight is 250 g/mol. The normalized spacial score (nSPS) is 10.2. The van der Waals surface area contributed by atoms with Gasteiger partial charge in [-0.15, -0.1) is 0 Å². The van der Waals surface area contributed by atoms with Crippen LogP contribution in [0.5, 0.6) is 5.75 Å². The van der Waals surface area contributed by atoms with Crippen molar-refractivity contribution in [3.8, 4) is 5.75 Å². The van der Waals surface area contributed by atoms with E-state index in [4.69, 9.17) is 16.3 Å². The van der Waals surface area contributed by atoms with Crippen LogP contribution in [0.3, 0.4) is 0 Å². The van der Waals surface area contributed by atoms with E-state index in [0.29, 0.717) is 17.2 Å². The topological polar surface area (TPSA) is 56.3 Å². The Morgan fingerprint density at radius 1 is 1.41 bits per heavy atom. The maximum atomic E-state index is 11.0. The van der Waals surface area contributed by atoms with E-state index in [1.54, 1.807) is 24.3 Å². The van der Waals surface area contributed by atoms with Crippen molar-refractivity contribution in [3.63, 3.8) is 0 Å². The summed E-state index contributed by atoms with van der Waals surface area (Å²) in [5.41, 5.74) is 0.608. The number of rotatable bonds is 2. The van der Waals surface area contributed by atoms with Crippen LogP contribution in [-0.4, -0.2) is 17.2 Å². The monoisotopic (exact) mass is 249 g/mol.